The van der Waals surface area contributed by atoms with Crippen LogP contribution in [0.15, 0.2) is 18.3 Å². The molecule has 0 aromatic carbocycles. The van der Waals surface area contributed by atoms with Crippen LogP contribution in [0, 0.1) is 5.92 Å². The highest BCUT2D eigenvalue weighted by Gasteiger charge is 2.38. The topological polar surface area (TPSA) is 85.8 Å². The summed E-state index contributed by atoms with van der Waals surface area (Å²) in [7, 11) is 0. The molecule has 22 heavy (non-hydrogen) atoms. The molecule has 1 fully saturated rings. The smallest absolute Gasteiger partial charge is 0.253 e. The van der Waals surface area contributed by atoms with E-state index in [0.29, 0.717) is 5.92 Å². The third-order valence-electron chi connectivity index (χ3n) is 4.63. The second kappa shape index (κ2) is 4.83. The van der Waals surface area contributed by atoms with Crippen molar-refractivity contribution in [1.82, 2.24) is 19.9 Å². The molecule has 0 radical (unpaired) electrons. The van der Waals surface area contributed by atoms with Crippen molar-refractivity contribution in [3.8, 4) is 11.4 Å². The van der Waals surface area contributed by atoms with E-state index in [4.69, 9.17) is 5.73 Å². The van der Waals surface area contributed by atoms with Crippen LogP contribution in [0.3, 0.4) is 0 Å². The fraction of sp³-hybridized carbons (Fsp3) is 0.438. The Hall–Kier alpha value is -2.37. The molecule has 114 valence electrons. The van der Waals surface area contributed by atoms with Crippen molar-refractivity contribution >= 4 is 11.9 Å². The molecule has 0 saturated heterocycles. The molecule has 2 aromatic heterocycles. The fourth-order valence-electron chi connectivity index (χ4n) is 3.38. The second-order valence-corrected chi connectivity index (χ2v) is 6.06. The summed E-state index contributed by atoms with van der Waals surface area (Å²) < 4.78 is 2.19. The van der Waals surface area contributed by atoms with Crippen molar-refractivity contribution in [3.05, 3.63) is 29.6 Å². The van der Waals surface area contributed by atoms with Gasteiger partial charge in [-0.3, -0.25) is 4.79 Å². The summed E-state index contributed by atoms with van der Waals surface area (Å²) in [6.07, 6.45) is 5.00. The molecule has 6 heteroatoms. The molecule has 3 heterocycles. The predicted octanol–water partition coefficient (Wildman–Crippen LogP) is 1.61. The van der Waals surface area contributed by atoms with Crippen molar-refractivity contribution in [1.29, 1.82) is 0 Å². The van der Waals surface area contributed by atoms with Crippen LogP contribution in [0.1, 0.15) is 35.8 Å². The SMILES string of the molecule is CCn1c(-c2ccnc(N)n2)cc2c1CC(C1CC1)NC2=O. The zero-order chi connectivity index (χ0) is 15.3. The lowest BCUT2D eigenvalue weighted by Crippen LogP contribution is -2.43. The monoisotopic (exact) mass is 297 g/mol. The predicted molar refractivity (Wildman–Crippen MR) is 83.2 cm³/mol. The van der Waals surface area contributed by atoms with Crippen LogP contribution in [-0.4, -0.2) is 26.5 Å². The second-order valence-electron chi connectivity index (χ2n) is 6.06. The van der Waals surface area contributed by atoms with Crippen molar-refractivity contribution in [2.45, 2.75) is 38.8 Å². The Morgan fingerprint density at radius 2 is 2.27 bits per heavy atom. The van der Waals surface area contributed by atoms with Gasteiger partial charge in [-0.25, -0.2) is 9.97 Å². The van der Waals surface area contributed by atoms with E-state index < -0.39 is 0 Å². The quantitative estimate of drug-likeness (QED) is 0.901. The first-order chi connectivity index (χ1) is 10.7. The van der Waals surface area contributed by atoms with E-state index in [0.717, 1.165) is 35.6 Å². The van der Waals surface area contributed by atoms with Gasteiger partial charge < -0.3 is 15.6 Å². The van der Waals surface area contributed by atoms with E-state index in [1.165, 1.54) is 12.8 Å². The molecular weight excluding hydrogens is 278 g/mol. The number of carbonyl (C=O) groups excluding carboxylic acids is 1. The highest BCUT2D eigenvalue weighted by Crippen LogP contribution is 2.37. The van der Waals surface area contributed by atoms with Gasteiger partial charge in [-0.15, -0.1) is 0 Å². The van der Waals surface area contributed by atoms with Crippen molar-refractivity contribution in [2.24, 2.45) is 5.92 Å². The number of nitrogens with one attached hydrogen (secondary N) is 1. The summed E-state index contributed by atoms with van der Waals surface area (Å²) in [4.78, 5) is 20.7. The number of carbonyl (C=O) groups is 1. The Kier molecular flexibility index (Phi) is 2.92. The molecular formula is C16H19N5O. The van der Waals surface area contributed by atoms with Gasteiger partial charge in [0.05, 0.1) is 17.0 Å². The molecule has 1 unspecified atom stereocenters. The summed E-state index contributed by atoms with van der Waals surface area (Å²) >= 11 is 0. The maximum absolute atomic E-state index is 12.4. The van der Waals surface area contributed by atoms with Crippen LogP contribution >= 0.6 is 0 Å². The van der Waals surface area contributed by atoms with E-state index >= 15 is 0 Å². The minimum atomic E-state index is 0.0358. The molecule has 3 N–H and O–H groups in total. The average Bonchev–Trinajstić information content (AvgIpc) is 3.28. The summed E-state index contributed by atoms with van der Waals surface area (Å²) in [5.74, 6) is 0.934. The Morgan fingerprint density at radius 3 is 2.95 bits per heavy atom. The largest absolute Gasteiger partial charge is 0.368 e. The first-order valence-corrected chi connectivity index (χ1v) is 7.79. The Labute approximate surface area is 128 Å². The number of nitrogens with zero attached hydrogens (tertiary/aromatic N) is 3. The van der Waals surface area contributed by atoms with Gasteiger partial charge >= 0.3 is 0 Å². The standard InChI is InChI=1S/C16H19N5O/c1-2-21-13-8-12(9-3-4-9)19-15(22)10(13)7-14(21)11-5-6-18-16(17)20-11/h5-7,9,12H,2-4,8H2,1H3,(H,19,22)(H2,17,18,20). The van der Waals surface area contributed by atoms with E-state index in [1.807, 2.05) is 12.1 Å². The van der Waals surface area contributed by atoms with Crippen molar-refractivity contribution in [3.63, 3.8) is 0 Å². The van der Waals surface area contributed by atoms with E-state index in [2.05, 4.69) is 26.8 Å². The molecule has 4 rings (SSSR count). The summed E-state index contributed by atoms with van der Waals surface area (Å²) in [6.45, 7) is 2.90. The summed E-state index contributed by atoms with van der Waals surface area (Å²) in [5.41, 5.74) is 9.29. The summed E-state index contributed by atoms with van der Waals surface area (Å²) in [5, 5.41) is 3.15. The Bertz CT molecular complexity index is 747. The number of rotatable bonds is 3. The molecule has 2 aliphatic rings. The van der Waals surface area contributed by atoms with Crippen LogP contribution in [0.5, 0.6) is 0 Å². The Morgan fingerprint density at radius 1 is 1.45 bits per heavy atom. The van der Waals surface area contributed by atoms with E-state index in [-0.39, 0.29) is 17.9 Å². The summed E-state index contributed by atoms with van der Waals surface area (Å²) in [6, 6.07) is 4.04. The van der Waals surface area contributed by atoms with Gasteiger partial charge in [0.25, 0.3) is 5.91 Å². The van der Waals surface area contributed by atoms with Crippen molar-refractivity contribution in [2.75, 3.05) is 5.73 Å². The first kappa shape index (κ1) is 13.3. The molecule has 6 nitrogen and oxygen atoms in total. The third-order valence-corrected chi connectivity index (χ3v) is 4.63. The lowest BCUT2D eigenvalue weighted by atomic mass is 9.98. The highest BCUT2D eigenvalue weighted by atomic mass is 16.1. The zero-order valence-corrected chi connectivity index (χ0v) is 12.5. The Balaban J connectivity index is 1.81. The average molecular weight is 297 g/mol. The molecule has 1 atom stereocenters. The molecule has 1 amide bonds. The number of amides is 1. The zero-order valence-electron chi connectivity index (χ0n) is 12.5. The number of nitrogens with two attached hydrogens (primary N) is 1. The first-order valence-electron chi connectivity index (χ1n) is 7.79. The van der Waals surface area contributed by atoms with Crippen LogP contribution in [0.4, 0.5) is 5.95 Å². The maximum atomic E-state index is 12.4. The van der Waals surface area contributed by atoms with Gasteiger partial charge in [0.15, 0.2) is 0 Å². The van der Waals surface area contributed by atoms with Crippen molar-refractivity contribution < 1.29 is 4.79 Å². The number of anilines is 1. The van der Waals surface area contributed by atoms with Crippen LogP contribution in [-0.2, 0) is 13.0 Å². The van der Waals surface area contributed by atoms with Gasteiger partial charge in [0.1, 0.15) is 0 Å². The molecule has 2 aromatic rings. The number of hydrogen-bond donors (Lipinski definition) is 2. The third kappa shape index (κ3) is 2.06. The lowest BCUT2D eigenvalue weighted by Gasteiger charge is -2.25. The molecule has 1 saturated carbocycles. The van der Waals surface area contributed by atoms with Crippen LogP contribution in [0.25, 0.3) is 11.4 Å². The van der Waals surface area contributed by atoms with Gasteiger partial charge in [-0.1, -0.05) is 0 Å². The van der Waals surface area contributed by atoms with Gasteiger partial charge in [0.2, 0.25) is 5.95 Å². The molecule has 0 spiro atoms. The van der Waals surface area contributed by atoms with E-state index in [1.54, 1.807) is 6.20 Å². The number of nitrogen functional groups attached to an aromatic ring is 1. The molecule has 0 bridgehead atoms. The van der Waals surface area contributed by atoms with Gasteiger partial charge in [-0.2, -0.15) is 0 Å². The van der Waals surface area contributed by atoms with Gasteiger partial charge in [-0.05, 0) is 37.8 Å². The normalized spacial score (nSPS) is 20.6. The minimum Gasteiger partial charge on any atom is -0.368 e. The maximum Gasteiger partial charge on any atom is 0.253 e. The lowest BCUT2D eigenvalue weighted by molar-refractivity contribution is 0.0918. The number of aromatic nitrogens is 3. The van der Waals surface area contributed by atoms with Crippen LogP contribution in [0.2, 0.25) is 0 Å². The van der Waals surface area contributed by atoms with Gasteiger partial charge in [0, 0.05) is 30.9 Å². The van der Waals surface area contributed by atoms with E-state index in [9.17, 15) is 4.79 Å². The molecule has 1 aliphatic heterocycles. The molecule has 1 aliphatic carbocycles. The number of hydrogen-bond acceptors (Lipinski definition) is 4. The highest BCUT2D eigenvalue weighted by molar-refractivity contribution is 5.98. The fourth-order valence-corrected chi connectivity index (χ4v) is 3.38. The van der Waals surface area contributed by atoms with Crippen LogP contribution < -0.4 is 11.1 Å². The minimum absolute atomic E-state index is 0.0358. The number of fused-ring (bicyclic) bond motifs is 1.